The maximum Gasteiger partial charge on any atom is 0.265 e. The Morgan fingerprint density at radius 3 is 2.26 bits per heavy atom. The van der Waals surface area contributed by atoms with Gasteiger partial charge in [0.25, 0.3) is 10.1 Å². The first-order valence-corrected chi connectivity index (χ1v) is 11.3. The molecule has 0 saturated carbocycles. The van der Waals surface area contributed by atoms with Crippen LogP contribution in [0.5, 0.6) is 0 Å². The van der Waals surface area contributed by atoms with Crippen LogP contribution in [-0.2, 0) is 16.7 Å². The van der Waals surface area contributed by atoms with Gasteiger partial charge in [0.05, 0.1) is 5.75 Å². The SMILES string of the molecule is Cc1ccc(-c2sc(-c3cc[n+](CCCS(=O)(=O)O)cc3)cc2C)cc1C. The van der Waals surface area contributed by atoms with Crippen molar-refractivity contribution in [3.63, 3.8) is 0 Å². The van der Waals surface area contributed by atoms with Crippen LogP contribution in [0.25, 0.3) is 20.9 Å². The van der Waals surface area contributed by atoms with Gasteiger partial charge in [-0.15, -0.1) is 11.3 Å². The lowest BCUT2D eigenvalue weighted by atomic mass is 10.0. The Balaban J connectivity index is 1.78. The van der Waals surface area contributed by atoms with E-state index in [2.05, 4.69) is 45.0 Å². The Morgan fingerprint density at radius 1 is 0.926 bits per heavy atom. The predicted molar refractivity (Wildman–Crippen MR) is 111 cm³/mol. The van der Waals surface area contributed by atoms with E-state index < -0.39 is 10.1 Å². The van der Waals surface area contributed by atoms with Crippen molar-refractivity contribution in [1.29, 1.82) is 0 Å². The van der Waals surface area contributed by atoms with E-state index in [0.29, 0.717) is 13.0 Å². The molecule has 3 rings (SSSR count). The van der Waals surface area contributed by atoms with Crippen molar-refractivity contribution in [3.8, 4) is 20.9 Å². The predicted octanol–water partition coefficient (Wildman–Crippen LogP) is 4.57. The highest BCUT2D eigenvalue weighted by atomic mass is 32.2. The van der Waals surface area contributed by atoms with Gasteiger partial charge in [0.2, 0.25) is 0 Å². The van der Waals surface area contributed by atoms with Gasteiger partial charge in [-0.2, -0.15) is 8.42 Å². The maximum absolute atomic E-state index is 10.8. The third kappa shape index (κ3) is 5.03. The van der Waals surface area contributed by atoms with Gasteiger partial charge in [0.1, 0.15) is 6.54 Å². The van der Waals surface area contributed by atoms with Crippen LogP contribution >= 0.6 is 11.3 Å². The minimum Gasteiger partial charge on any atom is -0.286 e. The van der Waals surface area contributed by atoms with E-state index in [1.165, 1.54) is 32.0 Å². The van der Waals surface area contributed by atoms with Crippen molar-refractivity contribution in [2.45, 2.75) is 33.7 Å². The average Bonchev–Trinajstić information content (AvgIpc) is 2.99. The second kappa shape index (κ2) is 7.92. The zero-order valence-corrected chi connectivity index (χ0v) is 17.4. The molecule has 0 fully saturated rings. The molecule has 0 aliphatic carbocycles. The Morgan fingerprint density at radius 2 is 1.63 bits per heavy atom. The number of nitrogens with zero attached hydrogens (tertiary/aromatic N) is 1. The number of rotatable bonds is 6. The molecule has 0 aliphatic heterocycles. The Hall–Kier alpha value is -2.02. The van der Waals surface area contributed by atoms with Crippen molar-refractivity contribution in [1.82, 2.24) is 0 Å². The quantitative estimate of drug-likeness (QED) is 0.485. The van der Waals surface area contributed by atoms with Crippen LogP contribution in [0.1, 0.15) is 23.1 Å². The van der Waals surface area contributed by atoms with Gasteiger partial charge in [-0.1, -0.05) is 18.2 Å². The molecule has 0 spiro atoms. The summed E-state index contributed by atoms with van der Waals surface area (Å²) in [7, 11) is -3.89. The molecule has 0 atom stereocenters. The van der Waals surface area contributed by atoms with Gasteiger partial charge in [0.15, 0.2) is 12.4 Å². The normalized spacial score (nSPS) is 11.7. The summed E-state index contributed by atoms with van der Waals surface area (Å²) >= 11 is 1.79. The first-order chi connectivity index (χ1) is 12.7. The summed E-state index contributed by atoms with van der Waals surface area (Å²) in [6.45, 7) is 6.96. The molecule has 6 heteroatoms. The summed E-state index contributed by atoms with van der Waals surface area (Å²) in [6.07, 6.45) is 4.28. The van der Waals surface area contributed by atoms with E-state index in [1.807, 2.05) is 29.1 Å². The van der Waals surface area contributed by atoms with Crippen LogP contribution < -0.4 is 4.57 Å². The molecule has 27 heavy (non-hydrogen) atoms. The summed E-state index contributed by atoms with van der Waals surface area (Å²) in [4.78, 5) is 2.50. The van der Waals surface area contributed by atoms with Crippen LogP contribution in [0, 0.1) is 20.8 Å². The van der Waals surface area contributed by atoms with Gasteiger partial charge in [-0.25, -0.2) is 4.57 Å². The lowest BCUT2D eigenvalue weighted by Gasteiger charge is -2.04. The Labute approximate surface area is 164 Å². The summed E-state index contributed by atoms with van der Waals surface area (Å²) in [5.74, 6) is -0.217. The lowest BCUT2D eigenvalue weighted by molar-refractivity contribution is -0.696. The first-order valence-electron chi connectivity index (χ1n) is 8.85. The number of hydrogen-bond acceptors (Lipinski definition) is 3. The molecule has 4 nitrogen and oxygen atoms in total. The summed E-state index contributed by atoms with van der Waals surface area (Å²) in [5.41, 5.74) is 6.26. The van der Waals surface area contributed by atoms with Crippen molar-refractivity contribution in [3.05, 3.63) is 65.5 Å². The lowest BCUT2D eigenvalue weighted by Crippen LogP contribution is -2.33. The largest absolute Gasteiger partial charge is 0.286 e. The second-order valence-corrected chi connectivity index (χ2v) is 9.51. The molecule has 2 aromatic heterocycles. The summed E-state index contributed by atoms with van der Waals surface area (Å²) < 4.78 is 32.3. The Kier molecular flexibility index (Phi) is 5.79. The molecule has 0 unspecified atom stereocenters. The van der Waals surface area contributed by atoms with Gasteiger partial charge < -0.3 is 0 Å². The zero-order valence-electron chi connectivity index (χ0n) is 15.8. The fraction of sp³-hybridized carbons (Fsp3) is 0.286. The van der Waals surface area contributed by atoms with E-state index >= 15 is 0 Å². The minimum atomic E-state index is -3.89. The number of aryl methyl sites for hydroxylation is 4. The van der Waals surface area contributed by atoms with E-state index in [0.717, 1.165) is 5.56 Å². The fourth-order valence-electron chi connectivity index (χ4n) is 2.99. The van der Waals surface area contributed by atoms with Crippen LogP contribution in [0.3, 0.4) is 0 Å². The zero-order chi connectivity index (χ0) is 19.6. The van der Waals surface area contributed by atoms with Gasteiger partial charge in [0, 0.05) is 33.9 Å². The van der Waals surface area contributed by atoms with E-state index in [-0.39, 0.29) is 5.75 Å². The number of aromatic nitrogens is 1. The maximum atomic E-state index is 10.8. The van der Waals surface area contributed by atoms with Gasteiger partial charge in [-0.05, 0) is 49.1 Å². The summed E-state index contributed by atoms with van der Waals surface area (Å²) in [5, 5.41) is 0. The molecular weight excluding hydrogens is 378 g/mol. The third-order valence-electron chi connectivity index (χ3n) is 4.68. The van der Waals surface area contributed by atoms with Crippen LogP contribution in [0.4, 0.5) is 0 Å². The standard InChI is InChI=1S/C21H23NO3S2/c1-15-5-6-19(13-16(15)2)21-17(3)14-20(26-21)18-7-10-22(11-8-18)9-4-12-27(23,24)25/h5-8,10-11,13-14H,4,9,12H2,1-3H3/p+1. The number of hydrogen-bond donors (Lipinski definition) is 1. The monoisotopic (exact) mass is 402 g/mol. The molecule has 3 aromatic rings. The molecule has 1 aromatic carbocycles. The first kappa shape index (κ1) is 19.7. The van der Waals surface area contributed by atoms with Crippen molar-refractivity contribution in [2.75, 3.05) is 5.75 Å². The van der Waals surface area contributed by atoms with E-state index in [4.69, 9.17) is 4.55 Å². The molecule has 0 saturated heterocycles. The smallest absolute Gasteiger partial charge is 0.265 e. The third-order valence-corrected chi connectivity index (χ3v) is 6.82. The van der Waals surface area contributed by atoms with E-state index in [1.54, 1.807) is 11.3 Å². The number of pyridine rings is 1. The van der Waals surface area contributed by atoms with Crippen molar-refractivity contribution >= 4 is 21.5 Å². The van der Waals surface area contributed by atoms with Crippen LogP contribution in [-0.4, -0.2) is 18.7 Å². The Bertz CT molecular complexity index is 1050. The number of benzene rings is 1. The topological polar surface area (TPSA) is 58.2 Å². The highest BCUT2D eigenvalue weighted by molar-refractivity contribution is 7.85. The molecule has 1 N–H and O–H groups in total. The van der Waals surface area contributed by atoms with Crippen molar-refractivity contribution < 1.29 is 17.5 Å². The molecule has 142 valence electrons. The van der Waals surface area contributed by atoms with Gasteiger partial charge >= 0.3 is 0 Å². The molecule has 2 heterocycles. The molecule has 0 radical (unpaired) electrons. The number of thiophene rings is 1. The fourth-order valence-corrected chi connectivity index (χ4v) is 4.66. The van der Waals surface area contributed by atoms with E-state index in [9.17, 15) is 8.42 Å². The highest BCUT2D eigenvalue weighted by Gasteiger charge is 2.12. The molecule has 0 bridgehead atoms. The second-order valence-electron chi connectivity index (χ2n) is 6.89. The molecule has 0 aliphatic rings. The van der Waals surface area contributed by atoms with Crippen molar-refractivity contribution in [2.24, 2.45) is 0 Å². The van der Waals surface area contributed by atoms with Crippen LogP contribution in [0.15, 0.2) is 48.8 Å². The van der Waals surface area contributed by atoms with Gasteiger partial charge in [-0.3, -0.25) is 4.55 Å². The highest BCUT2D eigenvalue weighted by Crippen LogP contribution is 2.38. The molecular formula is C21H24NO3S2+. The minimum absolute atomic E-state index is 0.217. The summed E-state index contributed by atoms with van der Waals surface area (Å²) in [6, 6.07) is 12.9. The average molecular weight is 403 g/mol. The van der Waals surface area contributed by atoms with Crippen LogP contribution in [0.2, 0.25) is 0 Å². The molecule has 0 amide bonds.